The molecular formula is C21H24N2O2. The van der Waals surface area contributed by atoms with Crippen LogP contribution in [0.15, 0.2) is 41.0 Å². The van der Waals surface area contributed by atoms with Crippen LogP contribution in [-0.4, -0.2) is 5.91 Å². The Morgan fingerprint density at radius 1 is 1.16 bits per heavy atom. The third-order valence-corrected chi connectivity index (χ3v) is 4.55. The van der Waals surface area contributed by atoms with E-state index in [0.717, 1.165) is 27.8 Å². The summed E-state index contributed by atoms with van der Waals surface area (Å²) in [6, 6.07) is 9.70. The molecule has 4 nitrogen and oxygen atoms in total. The minimum absolute atomic E-state index is 0.0805. The molecule has 130 valence electrons. The average Bonchev–Trinajstić information content (AvgIpc) is 2.91. The molecule has 0 aliphatic rings. The lowest BCUT2D eigenvalue weighted by Gasteiger charge is -2.11. The van der Waals surface area contributed by atoms with E-state index in [2.05, 4.69) is 32.2 Å². The molecule has 3 N–H and O–H groups in total. The first-order valence-corrected chi connectivity index (χ1v) is 8.51. The smallest absolute Gasteiger partial charge is 0.228 e. The number of rotatable bonds is 4. The van der Waals surface area contributed by atoms with Gasteiger partial charge in [0, 0.05) is 22.3 Å². The fourth-order valence-corrected chi connectivity index (χ4v) is 3.15. The molecule has 0 aliphatic carbocycles. The number of nitrogens with one attached hydrogen (secondary N) is 1. The van der Waals surface area contributed by atoms with Crippen LogP contribution in [0.2, 0.25) is 0 Å². The number of carbonyl (C=O) groups excluding carboxylic acids is 1. The van der Waals surface area contributed by atoms with Gasteiger partial charge in [0.2, 0.25) is 5.91 Å². The highest BCUT2D eigenvalue weighted by Crippen LogP contribution is 2.29. The first-order valence-electron chi connectivity index (χ1n) is 8.51. The van der Waals surface area contributed by atoms with E-state index in [1.807, 2.05) is 25.1 Å². The van der Waals surface area contributed by atoms with Crippen molar-refractivity contribution in [1.29, 1.82) is 0 Å². The van der Waals surface area contributed by atoms with E-state index in [0.29, 0.717) is 11.6 Å². The van der Waals surface area contributed by atoms with Gasteiger partial charge in [-0.1, -0.05) is 19.9 Å². The van der Waals surface area contributed by atoms with Gasteiger partial charge in [0.15, 0.2) is 0 Å². The van der Waals surface area contributed by atoms with Crippen LogP contribution in [0.3, 0.4) is 0 Å². The summed E-state index contributed by atoms with van der Waals surface area (Å²) in [5.74, 6) is 0.346. The lowest BCUT2D eigenvalue weighted by molar-refractivity contribution is -0.115. The minimum Gasteiger partial charge on any atom is -0.464 e. The molecule has 2 aromatic carbocycles. The number of nitrogen functional groups attached to an aromatic ring is 1. The zero-order valence-electron chi connectivity index (χ0n) is 15.1. The molecule has 1 amide bonds. The molecule has 3 aromatic rings. The molecule has 4 heteroatoms. The first-order chi connectivity index (χ1) is 11.8. The topological polar surface area (TPSA) is 68.3 Å². The highest BCUT2D eigenvalue weighted by Gasteiger charge is 2.14. The van der Waals surface area contributed by atoms with Crippen LogP contribution in [0.5, 0.6) is 0 Å². The van der Waals surface area contributed by atoms with Crippen LogP contribution in [-0.2, 0) is 11.2 Å². The summed E-state index contributed by atoms with van der Waals surface area (Å²) >= 11 is 0. The van der Waals surface area contributed by atoms with Gasteiger partial charge in [-0.05, 0) is 60.7 Å². The number of furan rings is 1. The maximum Gasteiger partial charge on any atom is 0.228 e. The van der Waals surface area contributed by atoms with Crippen LogP contribution < -0.4 is 11.1 Å². The number of hydrogen-bond donors (Lipinski definition) is 2. The molecule has 0 saturated carbocycles. The van der Waals surface area contributed by atoms with Crippen molar-refractivity contribution in [2.24, 2.45) is 0 Å². The largest absolute Gasteiger partial charge is 0.464 e. The van der Waals surface area contributed by atoms with Crippen LogP contribution >= 0.6 is 0 Å². The summed E-state index contributed by atoms with van der Waals surface area (Å²) in [5, 5.41) is 3.95. The number of nitrogens with two attached hydrogens (primary N) is 1. The van der Waals surface area contributed by atoms with E-state index in [4.69, 9.17) is 10.2 Å². The van der Waals surface area contributed by atoms with Crippen molar-refractivity contribution in [3.05, 3.63) is 58.8 Å². The number of hydrogen-bond acceptors (Lipinski definition) is 3. The molecule has 1 heterocycles. The number of amides is 1. The van der Waals surface area contributed by atoms with Gasteiger partial charge in [0.1, 0.15) is 5.58 Å². The highest BCUT2D eigenvalue weighted by atomic mass is 16.3. The van der Waals surface area contributed by atoms with Crippen LogP contribution in [0.25, 0.3) is 11.0 Å². The maximum atomic E-state index is 12.5. The Bertz CT molecular complexity index is 938. The molecule has 1 aromatic heterocycles. The van der Waals surface area contributed by atoms with Gasteiger partial charge in [-0.2, -0.15) is 0 Å². The summed E-state index contributed by atoms with van der Waals surface area (Å²) in [7, 11) is 0. The highest BCUT2D eigenvalue weighted by molar-refractivity contribution is 5.96. The number of benzene rings is 2. The predicted molar refractivity (Wildman–Crippen MR) is 103 cm³/mol. The van der Waals surface area contributed by atoms with Crippen LogP contribution in [0.1, 0.15) is 42.0 Å². The number of aryl methyl sites for hydroxylation is 2. The van der Waals surface area contributed by atoms with Gasteiger partial charge in [0.05, 0.1) is 12.7 Å². The van der Waals surface area contributed by atoms with Gasteiger partial charge in [-0.25, -0.2) is 0 Å². The fourth-order valence-electron chi connectivity index (χ4n) is 3.15. The van der Waals surface area contributed by atoms with Gasteiger partial charge in [-0.15, -0.1) is 0 Å². The second kappa shape index (κ2) is 6.63. The van der Waals surface area contributed by atoms with Gasteiger partial charge in [0.25, 0.3) is 0 Å². The number of anilines is 2. The van der Waals surface area contributed by atoms with E-state index in [-0.39, 0.29) is 12.3 Å². The van der Waals surface area contributed by atoms with Crippen molar-refractivity contribution in [3.63, 3.8) is 0 Å². The Morgan fingerprint density at radius 3 is 2.64 bits per heavy atom. The van der Waals surface area contributed by atoms with E-state index in [9.17, 15) is 4.79 Å². The summed E-state index contributed by atoms with van der Waals surface area (Å²) in [6.45, 7) is 8.37. The van der Waals surface area contributed by atoms with Crippen molar-refractivity contribution in [2.45, 2.75) is 40.0 Å². The summed E-state index contributed by atoms with van der Waals surface area (Å²) in [6.07, 6.45) is 1.95. The summed E-state index contributed by atoms with van der Waals surface area (Å²) in [4.78, 5) is 12.5. The van der Waals surface area contributed by atoms with Crippen LogP contribution in [0, 0.1) is 13.8 Å². The SMILES string of the molecule is Cc1ccc(N)cc1NC(=O)Cc1coc2cc(C)c(C(C)C)cc12. The molecule has 0 fully saturated rings. The second-order valence-electron chi connectivity index (χ2n) is 6.92. The monoisotopic (exact) mass is 336 g/mol. The quantitative estimate of drug-likeness (QED) is 0.663. The Labute approximate surface area is 148 Å². The maximum absolute atomic E-state index is 12.5. The molecule has 0 aliphatic heterocycles. The Morgan fingerprint density at radius 2 is 1.92 bits per heavy atom. The van der Waals surface area contributed by atoms with E-state index in [1.54, 1.807) is 12.3 Å². The fraction of sp³-hybridized carbons (Fsp3) is 0.286. The Kier molecular flexibility index (Phi) is 4.53. The molecule has 0 spiro atoms. The molecule has 0 bridgehead atoms. The molecule has 0 saturated heterocycles. The van der Waals surface area contributed by atoms with E-state index in [1.165, 1.54) is 11.1 Å². The second-order valence-corrected chi connectivity index (χ2v) is 6.92. The van der Waals surface area contributed by atoms with Crippen LogP contribution in [0.4, 0.5) is 11.4 Å². The average molecular weight is 336 g/mol. The molecule has 0 radical (unpaired) electrons. The normalized spacial score (nSPS) is 11.2. The van der Waals surface area contributed by atoms with Gasteiger partial charge < -0.3 is 15.5 Å². The predicted octanol–water partition coefficient (Wildman–Crippen LogP) is 4.94. The van der Waals surface area contributed by atoms with Crippen molar-refractivity contribution < 1.29 is 9.21 Å². The third-order valence-electron chi connectivity index (χ3n) is 4.55. The van der Waals surface area contributed by atoms with Gasteiger partial charge in [-0.3, -0.25) is 4.79 Å². The van der Waals surface area contributed by atoms with E-state index < -0.39 is 0 Å². The minimum atomic E-state index is -0.0805. The number of fused-ring (bicyclic) bond motifs is 1. The van der Waals surface area contributed by atoms with Crippen molar-refractivity contribution in [1.82, 2.24) is 0 Å². The Balaban J connectivity index is 1.86. The lowest BCUT2D eigenvalue weighted by Crippen LogP contribution is -2.15. The summed E-state index contributed by atoms with van der Waals surface area (Å²) < 4.78 is 5.66. The Hall–Kier alpha value is -2.75. The summed E-state index contributed by atoms with van der Waals surface area (Å²) in [5.41, 5.74) is 12.4. The molecule has 25 heavy (non-hydrogen) atoms. The standard InChI is InChI=1S/C21H24N2O2/c1-12(2)17-10-18-15(11-25-20(18)7-14(17)4)8-21(24)23-19-9-16(22)6-5-13(19)3/h5-7,9-12H,8,22H2,1-4H3,(H,23,24). The molecule has 0 unspecified atom stereocenters. The zero-order chi connectivity index (χ0) is 18.1. The van der Waals surface area contributed by atoms with Crippen molar-refractivity contribution in [3.8, 4) is 0 Å². The van der Waals surface area contributed by atoms with Gasteiger partial charge >= 0.3 is 0 Å². The van der Waals surface area contributed by atoms with Crippen molar-refractivity contribution >= 4 is 28.3 Å². The first kappa shape index (κ1) is 17.1. The number of carbonyl (C=O) groups is 1. The molecule has 3 rings (SSSR count). The zero-order valence-corrected chi connectivity index (χ0v) is 15.1. The molecule has 0 atom stereocenters. The molecular weight excluding hydrogens is 312 g/mol. The van der Waals surface area contributed by atoms with Crippen molar-refractivity contribution in [2.75, 3.05) is 11.1 Å². The third kappa shape index (κ3) is 3.53. The lowest BCUT2D eigenvalue weighted by atomic mass is 9.95. The van der Waals surface area contributed by atoms with E-state index >= 15 is 0 Å².